The summed E-state index contributed by atoms with van der Waals surface area (Å²) in [7, 11) is 0. The topological polar surface area (TPSA) is 63.3 Å². The maximum atomic E-state index is 13.2. The highest BCUT2D eigenvalue weighted by Gasteiger charge is 2.94. The summed E-state index contributed by atoms with van der Waals surface area (Å²) in [5.74, 6) is -10.1. The molecule has 0 bridgehead atoms. The number of nitrogens with two attached hydrogens (primary N) is 1. The van der Waals surface area contributed by atoms with Gasteiger partial charge in [0.05, 0.1) is 0 Å². The van der Waals surface area contributed by atoms with Crippen molar-refractivity contribution in [3.63, 3.8) is 0 Å². The van der Waals surface area contributed by atoms with Crippen LogP contribution in [0, 0.1) is 5.41 Å². The smallest absolute Gasteiger partial charge is 0.418 e. The summed E-state index contributed by atoms with van der Waals surface area (Å²) in [6, 6.07) is -4.40. The maximum Gasteiger partial charge on any atom is 0.418 e. The van der Waals surface area contributed by atoms with Gasteiger partial charge in [0.15, 0.2) is 6.04 Å². The van der Waals surface area contributed by atoms with Crippen LogP contribution < -0.4 is 5.73 Å². The molecule has 126 valence electrons. The van der Waals surface area contributed by atoms with Crippen molar-refractivity contribution in [1.29, 1.82) is 0 Å². The van der Waals surface area contributed by atoms with E-state index in [4.69, 9.17) is 5.11 Å². The van der Waals surface area contributed by atoms with E-state index in [1.54, 1.807) is 0 Å². The zero-order valence-corrected chi connectivity index (χ0v) is 9.17. The number of aliphatic carboxylic acids is 1. The lowest BCUT2D eigenvalue weighted by Crippen LogP contribution is -2.74. The second-order valence-electron chi connectivity index (χ2n) is 3.68. The molecule has 0 radical (unpaired) electrons. The van der Waals surface area contributed by atoms with Gasteiger partial charge in [-0.2, -0.15) is 39.5 Å². The Balaban J connectivity index is 6.79. The van der Waals surface area contributed by atoms with Crippen LogP contribution in [0.3, 0.4) is 0 Å². The molecule has 0 saturated heterocycles. The predicted octanol–water partition coefficient (Wildman–Crippen LogP) is 2.71. The van der Waals surface area contributed by atoms with Crippen molar-refractivity contribution in [2.75, 3.05) is 0 Å². The summed E-state index contributed by atoms with van der Waals surface area (Å²) in [5, 5.41) is 7.97. The molecule has 0 saturated carbocycles. The van der Waals surface area contributed by atoms with E-state index < -0.39 is 41.9 Å². The summed E-state index contributed by atoms with van der Waals surface area (Å²) >= 11 is 0. The monoisotopic (exact) mass is 343 g/mol. The number of halogens is 11. The van der Waals surface area contributed by atoms with Gasteiger partial charge in [-0.25, -0.2) is 8.78 Å². The second-order valence-corrected chi connectivity index (χ2v) is 3.68. The lowest BCUT2D eigenvalue weighted by Gasteiger charge is -2.44. The third-order valence-corrected chi connectivity index (χ3v) is 2.43. The standard InChI is InChI=1S/C7H4F11NO2/c8-3(9,1(19)2(20)21)4(5(10,11)12,6(13,14)15)7(16,17)18/h1H,19H2,(H,20,21)/t1-/m1/s1. The maximum absolute atomic E-state index is 13.2. The molecule has 1 atom stereocenters. The van der Waals surface area contributed by atoms with Gasteiger partial charge in [0, 0.05) is 0 Å². The van der Waals surface area contributed by atoms with Crippen LogP contribution in [0.15, 0.2) is 0 Å². The van der Waals surface area contributed by atoms with Gasteiger partial charge in [0.2, 0.25) is 0 Å². The van der Waals surface area contributed by atoms with Gasteiger partial charge in [-0.05, 0) is 0 Å². The van der Waals surface area contributed by atoms with Crippen molar-refractivity contribution >= 4 is 5.97 Å². The Bertz CT molecular complexity index is 370. The lowest BCUT2D eigenvalue weighted by molar-refractivity contribution is -0.476. The first-order valence-electron chi connectivity index (χ1n) is 4.42. The molecular weight excluding hydrogens is 339 g/mol. The van der Waals surface area contributed by atoms with Crippen molar-refractivity contribution in [3.05, 3.63) is 0 Å². The van der Waals surface area contributed by atoms with Crippen LogP contribution in [0.2, 0.25) is 0 Å². The first-order valence-corrected chi connectivity index (χ1v) is 4.42. The van der Waals surface area contributed by atoms with Gasteiger partial charge in [-0.3, -0.25) is 4.79 Å². The summed E-state index contributed by atoms with van der Waals surface area (Å²) < 4.78 is 137. The summed E-state index contributed by atoms with van der Waals surface area (Å²) in [4.78, 5) is 10.1. The zero-order valence-electron chi connectivity index (χ0n) is 9.17. The van der Waals surface area contributed by atoms with Crippen molar-refractivity contribution in [3.8, 4) is 0 Å². The summed E-state index contributed by atoms with van der Waals surface area (Å²) in [5.41, 5.74) is -3.71. The molecule has 0 rings (SSSR count). The second kappa shape index (κ2) is 4.84. The fourth-order valence-corrected chi connectivity index (χ4v) is 1.44. The molecule has 0 spiro atoms. The number of hydrogen-bond acceptors (Lipinski definition) is 2. The quantitative estimate of drug-likeness (QED) is 0.775. The molecule has 0 aliphatic rings. The Morgan fingerprint density at radius 2 is 1.00 bits per heavy atom. The average Bonchev–Trinajstić information content (AvgIpc) is 2.07. The van der Waals surface area contributed by atoms with Crippen molar-refractivity contribution in [2.45, 2.75) is 30.5 Å². The van der Waals surface area contributed by atoms with Crippen molar-refractivity contribution < 1.29 is 58.2 Å². The van der Waals surface area contributed by atoms with Gasteiger partial charge >= 0.3 is 35.8 Å². The molecule has 0 heterocycles. The SMILES string of the molecule is N[C@H](C(=O)O)C(F)(F)C(C(F)(F)F)(C(F)(F)F)C(F)(F)F. The number of carboxylic acids is 1. The van der Waals surface area contributed by atoms with Crippen molar-refractivity contribution in [2.24, 2.45) is 11.1 Å². The Labute approximate surface area is 107 Å². The van der Waals surface area contributed by atoms with Crippen LogP contribution >= 0.6 is 0 Å². The van der Waals surface area contributed by atoms with Gasteiger partial charge in [0.25, 0.3) is 0 Å². The van der Waals surface area contributed by atoms with E-state index in [1.807, 2.05) is 0 Å². The Kier molecular flexibility index (Phi) is 4.54. The first-order chi connectivity index (χ1) is 8.85. The number of alkyl halides is 11. The number of rotatable bonds is 3. The van der Waals surface area contributed by atoms with Gasteiger partial charge < -0.3 is 10.8 Å². The molecule has 0 aliphatic heterocycles. The van der Waals surface area contributed by atoms with Crippen LogP contribution in [-0.4, -0.2) is 41.6 Å². The van der Waals surface area contributed by atoms with Gasteiger partial charge in [-0.1, -0.05) is 0 Å². The van der Waals surface area contributed by atoms with Crippen molar-refractivity contribution in [1.82, 2.24) is 0 Å². The van der Waals surface area contributed by atoms with Crippen LogP contribution in [0.4, 0.5) is 48.3 Å². The van der Waals surface area contributed by atoms with E-state index in [9.17, 15) is 53.1 Å². The van der Waals surface area contributed by atoms with Gasteiger partial charge in [0.1, 0.15) is 0 Å². The van der Waals surface area contributed by atoms with E-state index in [0.717, 1.165) is 0 Å². The minimum absolute atomic E-state index is 3.18. The zero-order chi connectivity index (χ0) is 17.7. The first kappa shape index (κ1) is 19.7. The molecule has 21 heavy (non-hydrogen) atoms. The minimum Gasteiger partial charge on any atom is -0.480 e. The largest absolute Gasteiger partial charge is 0.480 e. The van der Waals surface area contributed by atoms with E-state index in [0.29, 0.717) is 0 Å². The molecule has 0 fully saturated rings. The highest BCUT2D eigenvalue weighted by atomic mass is 19.4. The summed E-state index contributed by atoms with van der Waals surface area (Å²) in [6.07, 6.45) is -22.8. The molecule has 0 aromatic heterocycles. The molecule has 0 aliphatic carbocycles. The molecule has 3 N–H and O–H groups in total. The highest BCUT2D eigenvalue weighted by molar-refractivity contribution is 5.74. The molecule has 0 aromatic rings. The molecule has 3 nitrogen and oxygen atoms in total. The fraction of sp³-hybridized carbons (Fsp3) is 0.857. The number of carbonyl (C=O) groups is 1. The van der Waals surface area contributed by atoms with E-state index in [1.165, 1.54) is 0 Å². The van der Waals surface area contributed by atoms with Crippen LogP contribution in [0.1, 0.15) is 0 Å². The molecule has 0 unspecified atom stereocenters. The third kappa shape index (κ3) is 2.60. The Morgan fingerprint density at radius 1 is 0.762 bits per heavy atom. The number of hydrogen-bond donors (Lipinski definition) is 2. The average molecular weight is 343 g/mol. The minimum atomic E-state index is -7.63. The third-order valence-electron chi connectivity index (χ3n) is 2.43. The molecule has 0 aromatic carbocycles. The van der Waals surface area contributed by atoms with E-state index >= 15 is 0 Å². The fourth-order valence-electron chi connectivity index (χ4n) is 1.44. The molecular formula is C7H4F11NO2. The highest BCUT2D eigenvalue weighted by Crippen LogP contribution is 2.66. The van der Waals surface area contributed by atoms with Gasteiger partial charge in [-0.15, -0.1) is 0 Å². The summed E-state index contributed by atoms with van der Waals surface area (Å²) in [6.45, 7) is 0. The predicted molar refractivity (Wildman–Crippen MR) is 41.2 cm³/mol. The molecule has 0 amide bonds. The number of carboxylic acid groups (broad SMARTS) is 1. The van der Waals surface area contributed by atoms with Crippen LogP contribution in [-0.2, 0) is 4.79 Å². The van der Waals surface area contributed by atoms with E-state index in [-0.39, 0.29) is 0 Å². The Morgan fingerprint density at radius 3 is 1.14 bits per heavy atom. The molecule has 14 heteroatoms. The van der Waals surface area contributed by atoms with Crippen LogP contribution in [0.25, 0.3) is 0 Å². The normalized spacial score (nSPS) is 16.8. The Hall–Kier alpha value is -1.34. The lowest BCUT2D eigenvalue weighted by atomic mass is 9.75. The van der Waals surface area contributed by atoms with E-state index in [2.05, 4.69) is 5.73 Å². The van der Waals surface area contributed by atoms with Crippen LogP contribution in [0.5, 0.6) is 0 Å².